The second kappa shape index (κ2) is 2.62. The first kappa shape index (κ1) is 7.86. The molecule has 0 bridgehead atoms. The molecule has 1 aromatic heterocycles. The summed E-state index contributed by atoms with van der Waals surface area (Å²) in [6, 6.07) is 6.95. The minimum atomic E-state index is 0.177. The number of aromatic hydroxyl groups is 1. The van der Waals surface area contributed by atoms with Crippen LogP contribution in [0.15, 0.2) is 24.3 Å². The van der Waals surface area contributed by atoms with Crippen molar-refractivity contribution in [3.8, 4) is 5.75 Å². The van der Waals surface area contributed by atoms with Crippen LogP contribution in [0, 0.1) is 6.92 Å². The second-order valence-corrected chi connectivity index (χ2v) is 3.06. The van der Waals surface area contributed by atoms with Crippen molar-refractivity contribution in [3.63, 3.8) is 0 Å². The molecule has 0 atom stereocenters. The molecule has 66 valence electrons. The zero-order valence-corrected chi connectivity index (χ0v) is 7.28. The van der Waals surface area contributed by atoms with Crippen LogP contribution in [-0.2, 0) is 0 Å². The summed E-state index contributed by atoms with van der Waals surface area (Å²) in [4.78, 5) is 4.28. The number of benzene rings is 1. The Hall–Kier alpha value is -1.77. The highest BCUT2D eigenvalue weighted by Crippen LogP contribution is 2.24. The number of phenolic OH excluding ortho intramolecular Hbond substituents is 1. The maximum absolute atomic E-state index is 9.27. The summed E-state index contributed by atoms with van der Waals surface area (Å²) >= 11 is 0. The van der Waals surface area contributed by atoms with Gasteiger partial charge in [0.15, 0.2) is 0 Å². The first-order valence-corrected chi connectivity index (χ1v) is 4.02. The van der Waals surface area contributed by atoms with Crippen molar-refractivity contribution < 1.29 is 5.11 Å². The molecule has 0 saturated carbocycles. The fraction of sp³-hybridized carbons (Fsp3) is 0.100. The molecular weight excluding hydrogens is 164 g/mol. The zero-order chi connectivity index (χ0) is 9.42. The highest BCUT2D eigenvalue weighted by molar-refractivity contribution is 5.90. The Morgan fingerprint density at radius 3 is 2.85 bits per heavy atom. The van der Waals surface area contributed by atoms with Gasteiger partial charge >= 0.3 is 0 Å². The van der Waals surface area contributed by atoms with Crippen molar-refractivity contribution in [2.75, 3.05) is 5.73 Å². The Balaban J connectivity index is 2.87. The number of hydrogen-bond donors (Lipinski definition) is 2. The Bertz CT molecular complexity index is 466. The standard InChI is InChI=1S/C10H10N2O/c1-6-2-3-7-4-8(13)5-9(11)10(7)12-6/h2-5,13H,11H2,1H3. The van der Waals surface area contributed by atoms with Gasteiger partial charge in [0.1, 0.15) is 5.75 Å². The third-order valence-electron chi connectivity index (χ3n) is 1.95. The van der Waals surface area contributed by atoms with Crippen LogP contribution in [-0.4, -0.2) is 10.1 Å². The number of aromatic nitrogens is 1. The molecule has 3 N–H and O–H groups in total. The summed E-state index contributed by atoms with van der Waals surface area (Å²) in [5.74, 6) is 0.177. The van der Waals surface area contributed by atoms with Gasteiger partial charge in [-0.25, -0.2) is 0 Å². The molecule has 0 unspecified atom stereocenters. The van der Waals surface area contributed by atoms with Gasteiger partial charge in [-0.3, -0.25) is 4.98 Å². The van der Waals surface area contributed by atoms with Crippen LogP contribution in [0.1, 0.15) is 5.69 Å². The molecule has 0 fully saturated rings. The molecule has 0 spiro atoms. The van der Waals surface area contributed by atoms with Crippen molar-refractivity contribution in [2.24, 2.45) is 0 Å². The molecular formula is C10H10N2O. The third kappa shape index (κ3) is 1.28. The molecule has 0 amide bonds. The van der Waals surface area contributed by atoms with Gasteiger partial charge in [-0.05, 0) is 19.1 Å². The molecule has 1 heterocycles. The van der Waals surface area contributed by atoms with Crippen LogP contribution in [0.2, 0.25) is 0 Å². The van der Waals surface area contributed by atoms with Gasteiger partial charge in [-0.1, -0.05) is 6.07 Å². The maximum atomic E-state index is 9.27. The van der Waals surface area contributed by atoms with Gasteiger partial charge in [0, 0.05) is 17.1 Å². The van der Waals surface area contributed by atoms with E-state index in [9.17, 15) is 5.11 Å². The lowest BCUT2D eigenvalue weighted by atomic mass is 10.1. The van der Waals surface area contributed by atoms with Crippen LogP contribution in [0.25, 0.3) is 10.9 Å². The average molecular weight is 174 g/mol. The Morgan fingerprint density at radius 1 is 1.31 bits per heavy atom. The van der Waals surface area contributed by atoms with Crippen molar-refractivity contribution >= 4 is 16.6 Å². The van der Waals surface area contributed by atoms with E-state index in [1.807, 2.05) is 19.1 Å². The van der Waals surface area contributed by atoms with Crippen molar-refractivity contribution in [2.45, 2.75) is 6.92 Å². The topological polar surface area (TPSA) is 59.1 Å². The first-order chi connectivity index (χ1) is 6.16. The molecule has 3 nitrogen and oxygen atoms in total. The number of rotatable bonds is 0. The van der Waals surface area contributed by atoms with E-state index in [0.29, 0.717) is 5.69 Å². The lowest BCUT2D eigenvalue weighted by Gasteiger charge is -2.02. The van der Waals surface area contributed by atoms with E-state index in [4.69, 9.17) is 5.73 Å². The summed E-state index contributed by atoms with van der Waals surface area (Å²) < 4.78 is 0. The normalized spacial score (nSPS) is 10.5. The van der Waals surface area contributed by atoms with Crippen LogP contribution >= 0.6 is 0 Å². The number of aryl methyl sites for hydroxylation is 1. The third-order valence-corrected chi connectivity index (χ3v) is 1.95. The van der Waals surface area contributed by atoms with Gasteiger partial charge in [-0.2, -0.15) is 0 Å². The van der Waals surface area contributed by atoms with Crippen molar-refractivity contribution in [3.05, 3.63) is 30.0 Å². The number of nitrogen functional groups attached to an aromatic ring is 1. The van der Waals surface area contributed by atoms with Gasteiger partial charge < -0.3 is 10.8 Å². The van der Waals surface area contributed by atoms with Crippen LogP contribution in [0.4, 0.5) is 5.69 Å². The first-order valence-electron chi connectivity index (χ1n) is 4.02. The lowest BCUT2D eigenvalue weighted by molar-refractivity contribution is 0.476. The number of nitrogens with zero attached hydrogens (tertiary/aromatic N) is 1. The van der Waals surface area contributed by atoms with Crippen molar-refractivity contribution in [1.29, 1.82) is 0 Å². The fourth-order valence-corrected chi connectivity index (χ4v) is 1.34. The highest BCUT2D eigenvalue weighted by atomic mass is 16.3. The summed E-state index contributed by atoms with van der Waals surface area (Å²) in [5, 5.41) is 10.1. The lowest BCUT2D eigenvalue weighted by Crippen LogP contribution is -1.90. The molecule has 13 heavy (non-hydrogen) atoms. The average Bonchev–Trinajstić information content (AvgIpc) is 2.06. The van der Waals surface area contributed by atoms with E-state index in [1.165, 1.54) is 6.07 Å². The van der Waals surface area contributed by atoms with E-state index in [-0.39, 0.29) is 5.75 Å². The van der Waals surface area contributed by atoms with Crippen LogP contribution in [0.3, 0.4) is 0 Å². The Labute approximate surface area is 75.8 Å². The molecule has 0 aliphatic heterocycles. The number of fused-ring (bicyclic) bond motifs is 1. The Morgan fingerprint density at radius 2 is 2.08 bits per heavy atom. The predicted octanol–water partition coefficient (Wildman–Crippen LogP) is 1.83. The van der Waals surface area contributed by atoms with E-state index in [0.717, 1.165) is 16.6 Å². The van der Waals surface area contributed by atoms with E-state index >= 15 is 0 Å². The number of nitrogens with two attached hydrogens (primary N) is 1. The summed E-state index contributed by atoms with van der Waals surface area (Å²) in [6.45, 7) is 1.91. The number of pyridine rings is 1. The molecule has 3 heteroatoms. The maximum Gasteiger partial charge on any atom is 0.118 e. The van der Waals surface area contributed by atoms with Gasteiger partial charge in [0.25, 0.3) is 0 Å². The summed E-state index contributed by atoms with van der Waals surface area (Å²) in [5.41, 5.74) is 7.89. The quantitative estimate of drug-likeness (QED) is 0.599. The van der Waals surface area contributed by atoms with Gasteiger partial charge in [0.2, 0.25) is 0 Å². The molecule has 0 saturated heterocycles. The van der Waals surface area contributed by atoms with Gasteiger partial charge in [-0.15, -0.1) is 0 Å². The predicted molar refractivity (Wildman–Crippen MR) is 52.6 cm³/mol. The largest absolute Gasteiger partial charge is 0.508 e. The Kier molecular flexibility index (Phi) is 1.59. The monoisotopic (exact) mass is 174 g/mol. The number of hydrogen-bond acceptors (Lipinski definition) is 3. The van der Waals surface area contributed by atoms with Crippen LogP contribution < -0.4 is 5.73 Å². The van der Waals surface area contributed by atoms with E-state index < -0.39 is 0 Å². The number of phenols is 1. The minimum Gasteiger partial charge on any atom is -0.508 e. The minimum absolute atomic E-state index is 0.177. The van der Waals surface area contributed by atoms with E-state index in [1.54, 1.807) is 6.07 Å². The molecule has 2 rings (SSSR count). The molecule has 0 radical (unpaired) electrons. The van der Waals surface area contributed by atoms with Crippen LogP contribution in [0.5, 0.6) is 5.75 Å². The van der Waals surface area contributed by atoms with E-state index in [2.05, 4.69) is 4.98 Å². The number of anilines is 1. The zero-order valence-electron chi connectivity index (χ0n) is 7.28. The molecule has 2 aromatic rings. The fourth-order valence-electron chi connectivity index (χ4n) is 1.34. The molecule has 1 aromatic carbocycles. The van der Waals surface area contributed by atoms with Crippen molar-refractivity contribution in [1.82, 2.24) is 4.98 Å². The summed E-state index contributed by atoms with van der Waals surface area (Å²) in [6.07, 6.45) is 0. The SMILES string of the molecule is Cc1ccc2cc(O)cc(N)c2n1. The second-order valence-electron chi connectivity index (χ2n) is 3.06. The molecule has 0 aliphatic carbocycles. The smallest absolute Gasteiger partial charge is 0.118 e. The summed E-state index contributed by atoms with van der Waals surface area (Å²) in [7, 11) is 0. The highest BCUT2D eigenvalue weighted by Gasteiger charge is 2.01. The van der Waals surface area contributed by atoms with Gasteiger partial charge in [0.05, 0.1) is 11.2 Å². The molecule has 0 aliphatic rings.